The summed E-state index contributed by atoms with van der Waals surface area (Å²) in [7, 11) is 3.69. The molecule has 0 aromatic heterocycles. The Morgan fingerprint density at radius 3 is 2.48 bits per heavy atom. The lowest BCUT2D eigenvalue weighted by Crippen LogP contribution is -2.18. The first kappa shape index (κ1) is 16.0. The first-order valence-electron chi connectivity index (χ1n) is 7.17. The van der Waals surface area contributed by atoms with Crippen LogP contribution in [-0.4, -0.2) is 20.8 Å². The van der Waals surface area contributed by atoms with Crippen LogP contribution in [0.2, 0.25) is 5.02 Å². The molecule has 2 rings (SSSR count). The molecule has 0 saturated carbocycles. The summed E-state index contributed by atoms with van der Waals surface area (Å²) < 4.78 is 5.11. The fraction of sp³-hybridized carbons (Fsp3) is 0.333. The van der Waals surface area contributed by atoms with Crippen molar-refractivity contribution in [2.24, 2.45) is 0 Å². The lowest BCUT2D eigenvalue weighted by atomic mass is 9.96. The summed E-state index contributed by atoms with van der Waals surface area (Å²) in [6.07, 6.45) is 0.937. The molecule has 0 aliphatic heterocycles. The third-order valence-electron chi connectivity index (χ3n) is 3.73. The van der Waals surface area contributed by atoms with Crippen LogP contribution in [0.3, 0.4) is 0 Å². The summed E-state index contributed by atoms with van der Waals surface area (Å²) in [5, 5.41) is 4.19. The molecule has 2 aromatic rings. The van der Waals surface area contributed by atoms with Crippen molar-refractivity contribution in [2.75, 3.05) is 20.8 Å². The highest BCUT2D eigenvalue weighted by molar-refractivity contribution is 6.32. The second kappa shape index (κ2) is 7.60. The monoisotopic (exact) mass is 303 g/mol. The molecule has 0 saturated heterocycles. The zero-order chi connectivity index (χ0) is 15.2. The van der Waals surface area contributed by atoms with Gasteiger partial charge in [-0.3, -0.25) is 0 Å². The highest BCUT2D eigenvalue weighted by Gasteiger charge is 2.15. The van der Waals surface area contributed by atoms with Crippen LogP contribution in [-0.2, 0) is 11.2 Å². The van der Waals surface area contributed by atoms with E-state index in [0.29, 0.717) is 0 Å². The van der Waals surface area contributed by atoms with E-state index in [1.54, 1.807) is 7.11 Å². The fourth-order valence-electron chi connectivity index (χ4n) is 2.49. The van der Waals surface area contributed by atoms with E-state index in [0.717, 1.165) is 29.2 Å². The van der Waals surface area contributed by atoms with Crippen molar-refractivity contribution in [3.8, 4) is 0 Å². The molecule has 21 heavy (non-hydrogen) atoms. The van der Waals surface area contributed by atoms with Gasteiger partial charge in [-0.05, 0) is 42.6 Å². The van der Waals surface area contributed by atoms with Gasteiger partial charge in [0.2, 0.25) is 0 Å². The first-order valence-corrected chi connectivity index (χ1v) is 7.55. The number of ether oxygens (including phenoxy) is 1. The van der Waals surface area contributed by atoms with Gasteiger partial charge < -0.3 is 10.1 Å². The van der Waals surface area contributed by atoms with E-state index in [4.69, 9.17) is 16.3 Å². The van der Waals surface area contributed by atoms with Crippen LogP contribution in [0.1, 0.15) is 28.3 Å². The molecule has 2 aromatic carbocycles. The van der Waals surface area contributed by atoms with Gasteiger partial charge in [0.05, 0.1) is 12.6 Å². The fourth-order valence-corrected chi connectivity index (χ4v) is 2.73. The van der Waals surface area contributed by atoms with Crippen molar-refractivity contribution in [3.05, 3.63) is 69.7 Å². The van der Waals surface area contributed by atoms with E-state index in [2.05, 4.69) is 35.6 Å². The Kier molecular flexibility index (Phi) is 5.80. The van der Waals surface area contributed by atoms with E-state index >= 15 is 0 Å². The van der Waals surface area contributed by atoms with Crippen LogP contribution in [0.25, 0.3) is 0 Å². The highest BCUT2D eigenvalue weighted by Crippen LogP contribution is 2.30. The van der Waals surface area contributed by atoms with E-state index in [1.165, 1.54) is 11.1 Å². The van der Waals surface area contributed by atoms with Crippen molar-refractivity contribution in [2.45, 2.75) is 19.4 Å². The van der Waals surface area contributed by atoms with E-state index < -0.39 is 0 Å². The predicted molar refractivity (Wildman–Crippen MR) is 89.1 cm³/mol. The number of nitrogens with one attached hydrogen (secondary N) is 1. The standard InChI is InChI=1S/C18H22ClNO/c1-13-5-4-6-16(17(13)19)18(20-2)15-9-7-14(8-10-15)11-12-21-3/h4-10,18,20H,11-12H2,1-3H3. The minimum atomic E-state index is 0.105. The minimum Gasteiger partial charge on any atom is -0.384 e. The number of hydrogen-bond donors (Lipinski definition) is 1. The highest BCUT2D eigenvalue weighted by atomic mass is 35.5. The molecule has 0 fully saturated rings. The Morgan fingerprint density at radius 1 is 1.14 bits per heavy atom. The third-order valence-corrected chi connectivity index (χ3v) is 4.25. The topological polar surface area (TPSA) is 21.3 Å². The Bertz CT molecular complexity index is 580. The second-order valence-electron chi connectivity index (χ2n) is 5.18. The van der Waals surface area contributed by atoms with E-state index in [1.807, 2.05) is 26.1 Å². The van der Waals surface area contributed by atoms with Crippen LogP contribution in [0.4, 0.5) is 0 Å². The normalized spacial score (nSPS) is 12.4. The molecular formula is C18H22ClNO. The maximum Gasteiger partial charge on any atom is 0.0589 e. The lowest BCUT2D eigenvalue weighted by Gasteiger charge is -2.20. The maximum atomic E-state index is 6.46. The number of methoxy groups -OCH3 is 1. The molecule has 0 heterocycles. The molecule has 0 spiro atoms. The molecule has 112 valence electrons. The van der Waals surface area contributed by atoms with Gasteiger partial charge in [-0.15, -0.1) is 0 Å². The van der Waals surface area contributed by atoms with E-state index in [-0.39, 0.29) is 6.04 Å². The van der Waals surface area contributed by atoms with Gasteiger partial charge >= 0.3 is 0 Å². The summed E-state index contributed by atoms with van der Waals surface area (Å²) in [5.74, 6) is 0. The van der Waals surface area contributed by atoms with Crippen LogP contribution in [0.5, 0.6) is 0 Å². The number of benzene rings is 2. The molecule has 0 aliphatic carbocycles. The van der Waals surface area contributed by atoms with Crippen molar-refractivity contribution < 1.29 is 4.74 Å². The SMILES string of the molecule is CNC(c1ccc(CCOC)cc1)c1cccc(C)c1Cl. The third kappa shape index (κ3) is 3.85. The Balaban J connectivity index is 2.27. The average molecular weight is 304 g/mol. The molecule has 0 amide bonds. The largest absolute Gasteiger partial charge is 0.384 e. The zero-order valence-electron chi connectivity index (χ0n) is 12.8. The quantitative estimate of drug-likeness (QED) is 0.866. The van der Waals surface area contributed by atoms with Gasteiger partial charge in [-0.25, -0.2) is 0 Å². The predicted octanol–water partition coefficient (Wildman–Crippen LogP) is 4.15. The molecule has 1 unspecified atom stereocenters. The number of aryl methyl sites for hydroxylation is 1. The van der Waals surface area contributed by atoms with Gasteiger partial charge in [0.1, 0.15) is 0 Å². The maximum absolute atomic E-state index is 6.46. The minimum absolute atomic E-state index is 0.105. The molecule has 2 nitrogen and oxygen atoms in total. The summed E-state index contributed by atoms with van der Waals surface area (Å²) in [6, 6.07) is 14.9. The zero-order valence-corrected chi connectivity index (χ0v) is 13.6. The summed E-state index contributed by atoms with van der Waals surface area (Å²) >= 11 is 6.46. The Morgan fingerprint density at radius 2 is 1.86 bits per heavy atom. The van der Waals surface area contributed by atoms with Crippen molar-refractivity contribution >= 4 is 11.6 Å². The summed E-state index contributed by atoms with van der Waals surface area (Å²) in [4.78, 5) is 0. The van der Waals surface area contributed by atoms with Crippen molar-refractivity contribution in [3.63, 3.8) is 0 Å². The lowest BCUT2D eigenvalue weighted by molar-refractivity contribution is 0.202. The summed E-state index contributed by atoms with van der Waals surface area (Å²) in [5.41, 5.74) is 4.71. The van der Waals surface area contributed by atoms with Crippen molar-refractivity contribution in [1.82, 2.24) is 5.32 Å². The number of rotatable bonds is 6. The molecular weight excluding hydrogens is 282 g/mol. The molecule has 0 bridgehead atoms. The molecule has 1 atom stereocenters. The number of halogens is 1. The Labute approximate surface area is 132 Å². The van der Waals surface area contributed by atoms with Gasteiger partial charge in [0.15, 0.2) is 0 Å². The van der Waals surface area contributed by atoms with Crippen LogP contribution in [0.15, 0.2) is 42.5 Å². The van der Waals surface area contributed by atoms with Crippen molar-refractivity contribution in [1.29, 1.82) is 0 Å². The Hall–Kier alpha value is -1.35. The average Bonchev–Trinajstić information content (AvgIpc) is 2.51. The van der Waals surface area contributed by atoms with Gasteiger partial charge in [0, 0.05) is 12.1 Å². The van der Waals surface area contributed by atoms with Gasteiger partial charge in [0.25, 0.3) is 0 Å². The summed E-state index contributed by atoms with van der Waals surface area (Å²) in [6.45, 7) is 2.78. The smallest absolute Gasteiger partial charge is 0.0589 e. The first-order chi connectivity index (χ1) is 10.2. The molecule has 1 N–H and O–H groups in total. The van der Waals surface area contributed by atoms with Crippen LogP contribution < -0.4 is 5.32 Å². The van der Waals surface area contributed by atoms with E-state index in [9.17, 15) is 0 Å². The molecule has 0 aliphatic rings. The molecule has 0 radical (unpaired) electrons. The van der Waals surface area contributed by atoms with Crippen LogP contribution >= 0.6 is 11.6 Å². The number of hydrogen-bond acceptors (Lipinski definition) is 2. The van der Waals surface area contributed by atoms with Gasteiger partial charge in [-0.1, -0.05) is 54.1 Å². The second-order valence-corrected chi connectivity index (χ2v) is 5.56. The van der Waals surface area contributed by atoms with Gasteiger partial charge in [-0.2, -0.15) is 0 Å². The molecule has 3 heteroatoms. The van der Waals surface area contributed by atoms with Crippen LogP contribution in [0, 0.1) is 6.92 Å².